The molecule has 0 fully saturated rings. The van der Waals surface area contributed by atoms with Crippen LogP contribution in [0.1, 0.15) is 36.6 Å². The molecule has 0 amide bonds. The molecular weight excluding hydrogens is 302 g/mol. The maximum absolute atomic E-state index is 9.61. The second-order valence-corrected chi connectivity index (χ2v) is 6.91. The van der Waals surface area contributed by atoms with Gasteiger partial charge in [-0.1, -0.05) is 25.5 Å². The summed E-state index contributed by atoms with van der Waals surface area (Å²) in [5.41, 5.74) is 11.0. The fourth-order valence-electron chi connectivity index (χ4n) is 3.39. The standard InChI is InChI=1S/C19H21N3S/c1-3-12-4-9-17-15(10-12)18(16(11-20)19(21)22-17)13-5-7-14(23-2)8-6-13/h5-8,12H,3-4,9-10H2,1-2H3,(H2,21,22). The maximum Gasteiger partial charge on any atom is 0.142 e. The first-order chi connectivity index (χ1) is 11.2. The van der Waals surface area contributed by atoms with E-state index in [1.807, 2.05) is 0 Å². The summed E-state index contributed by atoms with van der Waals surface area (Å²) < 4.78 is 0. The highest BCUT2D eigenvalue weighted by Gasteiger charge is 2.25. The Morgan fingerprint density at radius 2 is 2.09 bits per heavy atom. The molecule has 0 spiro atoms. The minimum Gasteiger partial charge on any atom is -0.383 e. The number of anilines is 1. The molecule has 4 heteroatoms. The van der Waals surface area contributed by atoms with Gasteiger partial charge in [0.05, 0.1) is 0 Å². The summed E-state index contributed by atoms with van der Waals surface area (Å²) in [5, 5.41) is 9.61. The van der Waals surface area contributed by atoms with Crippen LogP contribution in [0, 0.1) is 17.2 Å². The highest BCUT2D eigenvalue weighted by molar-refractivity contribution is 7.98. The van der Waals surface area contributed by atoms with Crippen molar-refractivity contribution in [2.45, 2.75) is 37.5 Å². The van der Waals surface area contributed by atoms with Gasteiger partial charge in [0.25, 0.3) is 0 Å². The third-order valence-corrected chi connectivity index (χ3v) is 5.51. The smallest absolute Gasteiger partial charge is 0.142 e. The van der Waals surface area contributed by atoms with E-state index in [9.17, 15) is 5.26 Å². The molecule has 1 aromatic heterocycles. The number of benzene rings is 1. The van der Waals surface area contributed by atoms with Gasteiger partial charge in [-0.25, -0.2) is 4.98 Å². The summed E-state index contributed by atoms with van der Waals surface area (Å²) in [7, 11) is 0. The van der Waals surface area contributed by atoms with Gasteiger partial charge < -0.3 is 5.73 Å². The Kier molecular flexibility index (Phi) is 4.58. The van der Waals surface area contributed by atoms with Crippen LogP contribution in [0.5, 0.6) is 0 Å². The number of nitrogen functional groups attached to an aromatic ring is 1. The lowest BCUT2D eigenvalue weighted by Crippen LogP contribution is -2.18. The molecule has 3 nitrogen and oxygen atoms in total. The lowest BCUT2D eigenvalue weighted by molar-refractivity contribution is 0.441. The normalized spacial score (nSPS) is 16.7. The van der Waals surface area contributed by atoms with Crippen LogP contribution in [-0.2, 0) is 12.8 Å². The van der Waals surface area contributed by atoms with E-state index in [2.05, 4.69) is 48.5 Å². The number of nitrogens with two attached hydrogens (primary N) is 1. The molecule has 0 aliphatic heterocycles. The first kappa shape index (κ1) is 15.9. The van der Waals surface area contributed by atoms with Crippen LogP contribution >= 0.6 is 11.8 Å². The number of pyridine rings is 1. The van der Waals surface area contributed by atoms with Crippen molar-refractivity contribution in [2.75, 3.05) is 12.0 Å². The van der Waals surface area contributed by atoms with Gasteiger partial charge in [-0.2, -0.15) is 5.26 Å². The van der Waals surface area contributed by atoms with E-state index in [0.29, 0.717) is 17.3 Å². The molecule has 2 aromatic rings. The fourth-order valence-corrected chi connectivity index (χ4v) is 3.80. The first-order valence-electron chi connectivity index (χ1n) is 8.03. The van der Waals surface area contributed by atoms with Crippen LogP contribution in [0.4, 0.5) is 5.82 Å². The average molecular weight is 323 g/mol. The third-order valence-electron chi connectivity index (χ3n) is 4.76. The van der Waals surface area contributed by atoms with E-state index in [4.69, 9.17) is 5.73 Å². The zero-order valence-corrected chi connectivity index (χ0v) is 14.4. The number of nitriles is 1. The molecule has 0 saturated carbocycles. The van der Waals surface area contributed by atoms with Gasteiger partial charge in [0, 0.05) is 16.2 Å². The molecule has 1 aromatic carbocycles. The molecule has 1 atom stereocenters. The third kappa shape index (κ3) is 2.94. The lowest BCUT2D eigenvalue weighted by Gasteiger charge is -2.26. The average Bonchev–Trinajstić information content (AvgIpc) is 2.60. The molecule has 1 unspecified atom stereocenters. The molecule has 1 aliphatic rings. The SMILES string of the molecule is CCC1CCc2nc(N)c(C#N)c(-c3ccc(SC)cc3)c2C1. The monoisotopic (exact) mass is 323 g/mol. The number of aryl methyl sites for hydroxylation is 1. The summed E-state index contributed by atoms with van der Waals surface area (Å²) in [4.78, 5) is 5.74. The Balaban J connectivity index is 2.20. The number of thioether (sulfide) groups is 1. The van der Waals surface area contributed by atoms with Crippen molar-refractivity contribution < 1.29 is 0 Å². The number of fused-ring (bicyclic) bond motifs is 1. The van der Waals surface area contributed by atoms with Gasteiger partial charge in [-0.3, -0.25) is 0 Å². The number of nitrogens with zero attached hydrogens (tertiary/aromatic N) is 2. The van der Waals surface area contributed by atoms with Crippen molar-refractivity contribution in [3.8, 4) is 17.2 Å². The van der Waals surface area contributed by atoms with Crippen molar-refractivity contribution in [3.63, 3.8) is 0 Å². The topological polar surface area (TPSA) is 62.7 Å². The number of rotatable bonds is 3. The van der Waals surface area contributed by atoms with Crippen LogP contribution < -0.4 is 5.73 Å². The molecule has 2 N–H and O–H groups in total. The predicted octanol–water partition coefficient (Wildman–Crippen LogP) is 4.44. The summed E-state index contributed by atoms with van der Waals surface area (Å²) in [6, 6.07) is 10.7. The number of aromatic nitrogens is 1. The van der Waals surface area contributed by atoms with Gasteiger partial charge in [0.15, 0.2) is 0 Å². The van der Waals surface area contributed by atoms with Crippen LogP contribution in [0.3, 0.4) is 0 Å². The van der Waals surface area contributed by atoms with Crippen molar-refractivity contribution in [1.82, 2.24) is 4.98 Å². The quantitative estimate of drug-likeness (QED) is 0.848. The summed E-state index contributed by atoms with van der Waals surface area (Å²) in [5.74, 6) is 1.04. The van der Waals surface area contributed by atoms with Crippen molar-refractivity contribution >= 4 is 17.6 Å². The molecule has 1 aliphatic carbocycles. The Morgan fingerprint density at radius 3 is 2.70 bits per heavy atom. The molecule has 0 radical (unpaired) electrons. The fraction of sp³-hybridized carbons (Fsp3) is 0.368. The van der Waals surface area contributed by atoms with Gasteiger partial charge in [0.1, 0.15) is 17.5 Å². The molecule has 118 valence electrons. The van der Waals surface area contributed by atoms with Crippen LogP contribution in [-0.4, -0.2) is 11.2 Å². The minimum atomic E-state index is 0.366. The predicted molar refractivity (Wildman–Crippen MR) is 96.4 cm³/mol. The van der Waals surface area contributed by atoms with Gasteiger partial charge in [-0.15, -0.1) is 11.8 Å². The summed E-state index contributed by atoms with van der Waals surface area (Å²) >= 11 is 1.72. The van der Waals surface area contributed by atoms with Crippen molar-refractivity contribution in [2.24, 2.45) is 5.92 Å². The highest BCUT2D eigenvalue weighted by atomic mass is 32.2. The Labute approximate surface area is 141 Å². The minimum absolute atomic E-state index is 0.366. The number of hydrogen-bond donors (Lipinski definition) is 1. The van der Waals surface area contributed by atoms with Crippen molar-refractivity contribution in [1.29, 1.82) is 5.26 Å². The molecule has 23 heavy (non-hydrogen) atoms. The summed E-state index contributed by atoms with van der Waals surface area (Å²) in [6.07, 6.45) is 6.34. The van der Waals surface area contributed by atoms with E-state index >= 15 is 0 Å². The van der Waals surface area contributed by atoms with E-state index in [1.54, 1.807) is 11.8 Å². The highest BCUT2D eigenvalue weighted by Crippen LogP contribution is 2.38. The van der Waals surface area contributed by atoms with Crippen LogP contribution in [0.2, 0.25) is 0 Å². The molecule has 0 bridgehead atoms. The maximum atomic E-state index is 9.61. The van der Waals surface area contributed by atoms with Gasteiger partial charge >= 0.3 is 0 Å². The van der Waals surface area contributed by atoms with Crippen molar-refractivity contribution in [3.05, 3.63) is 41.1 Å². The van der Waals surface area contributed by atoms with E-state index < -0.39 is 0 Å². The molecule has 0 saturated heterocycles. The van der Waals surface area contributed by atoms with E-state index in [0.717, 1.165) is 42.5 Å². The zero-order valence-electron chi connectivity index (χ0n) is 13.6. The Hall–Kier alpha value is -1.99. The largest absolute Gasteiger partial charge is 0.383 e. The Bertz CT molecular complexity index is 760. The lowest BCUT2D eigenvalue weighted by atomic mass is 9.80. The van der Waals surface area contributed by atoms with Gasteiger partial charge in [0.2, 0.25) is 0 Å². The van der Waals surface area contributed by atoms with Crippen LogP contribution in [0.15, 0.2) is 29.2 Å². The molecule has 1 heterocycles. The second-order valence-electron chi connectivity index (χ2n) is 6.03. The zero-order chi connectivity index (χ0) is 16.4. The van der Waals surface area contributed by atoms with E-state index in [1.165, 1.54) is 10.5 Å². The Morgan fingerprint density at radius 1 is 1.35 bits per heavy atom. The first-order valence-corrected chi connectivity index (χ1v) is 9.26. The van der Waals surface area contributed by atoms with Crippen LogP contribution in [0.25, 0.3) is 11.1 Å². The molecular formula is C19H21N3S. The van der Waals surface area contributed by atoms with E-state index in [-0.39, 0.29) is 0 Å². The number of hydrogen-bond acceptors (Lipinski definition) is 4. The molecule has 3 rings (SSSR count). The second kappa shape index (κ2) is 6.64. The summed E-state index contributed by atoms with van der Waals surface area (Å²) in [6.45, 7) is 2.23. The van der Waals surface area contributed by atoms with Gasteiger partial charge in [-0.05, 0) is 54.7 Å².